The molecule has 4 nitrogen and oxygen atoms in total. The van der Waals surface area contributed by atoms with Crippen LogP contribution in [0.1, 0.15) is 29.8 Å². The lowest BCUT2D eigenvalue weighted by atomic mass is 10.1. The fourth-order valence-electron chi connectivity index (χ4n) is 2.16. The number of anilines is 1. The van der Waals surface area contributed by atoms with Crippen LogP contribution in [0.15, 0.2) is 6.07 Å². The van der Waals surface area contributed by atoms with Gasteiger partial charge in [-0.25, -0.2) is 0 Å². The van der Waals surface area contributed by atoms with Gasteiger partial charge in [-0.05, 0) is 32.8 Å². The number of aromatic nitrogens is 1. The van der Waals surface area contributed by atoms with Crippen molar-refractivity contribution in [2.45, 2.75) is 32.7 Å². The van der Waals surface area contributed by atoms with Crippen LogP contribution in [0.3, 0.4) is 0 Å². The highest BCUT2D eigenvalue weighted by molar-refractivity contribution is 5.60. The molecule has 1 aromatic rings. The number of rotatable bonds is 2. The number of nitrogens with one attached hydrogen (secondary N) is 1. The summed E-state index contributed by atoms with van der Waals surface area (Å²) in [5, 5.41) is 12.6. The maximum absolute atomic E-state index is 9.16. The first-order valence-electron chi connectivity index (χ1n) is 5.93. The molecule has 90 valence electrons. The largest absolute Gasteiger partial charge is 0.379 e. The van der Waals surface area contributed by atoms with E-state index in [4.69, 9.17) is 10.00 Å². The van der Waals surface area contributed by atoms with Crippen LogP contribution in [-0.4, -0.2) is 24.2 Å². The zero-order chi connectivity index (χ0) is 12.3. The van der Waals surface area contributed by atoms with Crippen LogP contribution < -0.4 is 5.32 Å². The number of aryl methyl sites for hydroxylation is 2. The Morgan fingerprint density at radius 3 is 3.00 bits per heavy atom. The van der Waals surface area contributed by atoms with E-state index in [0.717, 1.165) is 36.5 Å². The maximum Gasteiger partial charge on any atom is 0.103 e. The van der Waals surface area contributed by atoms with Crippen molar-refractivity contribution in [3.8, 4) is 6.07 Å². The summed E-state index contributed by atoms with van der Waals surface area (Å²) < 4.78 is 5.43. The summed E-state index contributed by atoms with van der Waals surface area (Å²) in [4.78, 5) is 4.30. The average Bonchev–Trinajstić information content (AvgIpc) is 2.30. The molecule has 0 radical (unpaired) electrons. The molecule has 0 bridgehead atoms. The molecule has 4 heteroatoms. The summed E-state index contributed by atoms with van der Waals surface area (Å²) in [5.41, 5.74) is 3.24. The quantitative estimate of drug-likeness (QED) is 0.847. The van der Waals surface area contributed by atoms with Gasteiger partial charge in [0.05, 0.1) is 23.6 Å². The highest BCUT2D eigenvalue weighted by atomic mass is 16.5. The van der Waals surface area contributed by atoms with Crippen molar-refractivity contribution in [1.82, 2.24) is 4.98 Å². The van der Waals surface area contributed by atoms with Crippen LogP contribution in [0, 0.1) is 25.2 Å². The molecule has 2 rings (SSSR count). The van der Waals surface area contributed by atoms with E-state index in [0.29, 0.717) is 18.2 Å². The van der Waals surface area contributed by atoms with Gasteiger partial charge in [0.15, 0.2) is 0 Å². The highest BCUT2D eigenvalue weighted by Gasteiger charge is 2.16. The van der Waals surface area contributed by atoms with E-state index < -0.39 is 0 Å². The van der Waals surface area contributed by atoms with Gasteiger partial charge in [-0.2, -0.15) is 5.26 Å². The van der Waals surface area contributed by atoms with Crippen LogP contribution in [-0.2, 0) is 4.74 Å². The summed E-state index contributed by atoms with van der Waals surface area (Å²) in [7, 11) is 0. The van der Waals surface area contributed by atoms with Crippen molar-refractivity contribution in [2.24, 2.45) is 0 Å². The minimum Gasteiger partial charge on any atom is -0.379 e. The molecule has 1 unspecified atom stereocenters. The third kappa shape index (κ3) is 2.75. The molecular formula is C13H17N3O. The van der Waals surface area contributed by atoms with Gasteiger partial charge in [0.1, 0.15) is 6.07 Å². The molecule has 0 spiro atoms. The molecule has 1 atom stereocenters. The van der Waals surface area contributed by atoms with E-state index in [1.54, 1.807) is 0 Å². The smallest absolute Gasteiger partial charge is 0.103 e. The van der Waals surface area contributed by atoms with Gasteiger partial charge in [-0.1, -0.05) is 0 Å². The number of hydrogen-bond donors (Lipinski definition) is 1. The molecule has 1 aliphatic heterocycles. The molecule has 1 fully saturated rings. The third-order valence-corrected chi connectivity index (χ3v) is 2.96. The third-order valence-electron chi connectivity index (χ3n) is 2.96. The minimum absolute atomic E-state index is 0.303. The van der Waals surface area contributed by atoms with E-state index in [2.05, 4.69) is 16.4 Å². The van der Waals surface area contributed by atoms with Crippen LogP contribution in [0.25, 0.3) is 0 Å². The molecule has 17 heavy (non-hydrogen) atoms. The molecular weight excluding hydrogens is 214 g/mol. The summed E-state index contributed by atoms with van der Waals surface area (Å²) >= 11 is 0. The first-order chi connectivity index (χ1) is 8.20. The van der Waals surface area contributed by atoms with E-state index in [1.807, 2.05) is 19.9 Å². The topological polar surface area (TPSA) is 57.9 Å². The van der Waals surface area contributed by atoms with Crippen LogP contribution in [0.4, 0.5) is 5.69 Å². The second kappa shape index (κ2) is 5.15. The Bertz CT molecular complexity index is 445. The Kier molecular flexibility index (Phi) is 3.60. The van der Waals surface area contributed by atoms with E-state index in [1.165, 1.54) is 0 Å². The molecule has 2 heterocycles. The molecule has 0 amide bonds. The second-order valence-corrected chi connectivity index (χ2v) is 4.44. The van der Waals surface area contributed by atoms with Gasteiger partial charge in [-0.15, -0.1) is 0 Å². The minimum atomic E-state index is 0.303. The maximum atomic E-state index is 9.16. The number of pyridine rings is 1. The first kappa shape index (κ1) is 11.9. The number of nitriles is 1. The number of nitrogens with zero attached hydrogens (tertiary/aromatic N) is 2. The molecule has 1 aliphatic rings. The lowest BCUT2D eigenvalue weighted by Gasteiger charge is -2.25. The van der Waals surface area contributed by atoms with E-state index in [9.17, 15) is 0 Å². The van der Waals surface area contributed by atoms with Crippen molar-refractivity contribution >= 4 is 5.69 Å². The van der Waals surface area contributed by atoms with Crippen molar-refractivity contribution < 1.29 is 4.74 Å². The molecule has 1 aromatic heterocycles. The predicted octanol–water partition coefficient (Wildman–Crippen LogP) is 2.16. The van der Waals surface area contributed by atoms with Gasteiger partial charge in [0.25, 0.3) is 0 Å². The summed E-state index contributed by atoms with van der Waals surface area (Å²) in [6.45, 7) is 5.37. The zero-order valence-corrected chi connectivity index (χ0v) is 10.3. The Morgan fingerprint density at radius 2 is 2.35 bits per heavy atom. The Balaban J connectivity index is 2.22. The van der Waals surface area contributed by atoms with Gasteiger partial charge < -0.3 is 10.1 Å². The van der Waals surface area contributed by atoms with E-state index >= 15 is 0 Å². The monoisotopic (exact) mass is 231 g/mol. The molecule has 1 saturated heterocycles. The normalized spacial score (nSPS) is 19.7. The van der Waals surface area contributed by atoms with Gasteiger partial charge >= 0.3 is 0 Å². The zero-order valence-electron chi connectivity index (χ0n) is 10.3. The van der Waals surface area contributed by atoms with Gasteiger partial charge in [0.2, 0.25) is 0 Å². The standard InChI is InChI=1S/C13H17N3O/c1-9-6-13(12(7-14)10(2)15-9)16-11-4-3-5-17-8-11/h6,11H,3-5,8H2,1-2H3,(H,15,16). The van der Waals surface area contributed by atoms with Crippen molar-refractivity contribution in [3.05, 3.63) is 23.0 Å². The number of hydrogen-bond acceptors (Lipinski definition) is 4. The van der Waals surface area contributed by atoms with Crippen LogP contribution in [0.2, 0.25) is 0 Å². The lowest BCUT2D eigenvalue weighted by molar-refractivity contribution is 0.0876. The first-order valence-corrected chi connectivity index (χ1v) is 5.93. The summed E-state index contributed by atoms with van der Waals surface area (Å²) in [6, 6.07) is 4.45. The lowest BCUT2D eigenvalue weighted by Crippen LogP contribution is -2.30. The SMILES string of the molecule is Cc1cc(NC2CCCOC2)c(C#N)c(C)n1. The van der Waals surface area contributed by atoms with Crippen molar-refractivity contribution in [2.75, 3.05) is 18.5 Å². The molecule has 0 aliphatic carbocycles. The molecule has 0 aromatic carbocycles. The summed E-state index contributed by atoms with van der Waals surface area (Å²) in [6.07, 6.45) is 2.16. The summed E-state index contributed by atoms with van der Waals surface area (Å²) in [5.74, 6) is 0. The van der Waals surface area contributed by atoms with Crippen molar-refractivity contribution in [1.29, 1.82) is 5.26 Å². The Labute approximate surface area is 102 Å². The van der Waals surface area contributed by atoms with Crippen molar-refractivity contribution in [3.63, 3.8) is 0 Å². The Morgan fingerprint density at radius 1 is 1.53 bits per heavy atom. The number of ether oxygens (including phenoxy) is 1. The molecule has 0 saturated carbocycles. The van der Waals surface area contributed by atoms with Crippen LogP contribution in [0.5, 0.6) is 0 Å². The Hall–Kier alpha value is -1.60. The fourth-order valence-corrected chi connectivity index (χ4v) is 2.16. The van der Waals surface area contributed by atoms with Gasteiger partial charge in [0, 0.05) is 18.3 Å². The van der Waals surface area contributed by atoms with Crippen LogP contribution >= 0.6 is 0 Å². The molecule has 1 N–H and O–H groups in total. The fraction of sp³-hybridized carbons (Fsp3) is 0.538. The predicted molar refractivity (Wildman–Crippen MR) is 65.9 cm³/mol. The highest BCUT2D eigenvalue weighted by Crippen LogP contribution is 2.21. The van der Waals surface area contributed by atoms with Gasteiger partial charge in [-0.3, -0.25) is 4.98 Å². The second-order valence-electron chi connectivity index (χ2n) is 4.44. The van der Waals surface area contributed by atoms with E-state index in [-0.39, 0.29) is 0 Å². The average molecular weight is 231 g/mol.